The standard InChI is InChI=1S/C23H32N4O8/c24-18-20(4-1-6-26(8-12-28)9-13-29)22(32)34-16-3-17-35-23(33)21(19-25)5-2-7-27(10-14-30)11-15-31/h1-2,4-7,28-31H,3,8-17H2/b6-1+,7-2+,20-4-,21-5+. The van der Waals surface area contributed by atoms with Crippen molar-refractivity contribution in [1.29, 1.82) is 10.5 Å². The van der Waals surface area contributed by atoms with Gasteiger partial charge < -0.3 is 39.7 Å². The van der Waals surface area contributed by atoms with Crippen molar-refractivity contribution in [3.63, 3.8) is 0 Å². The first-order valence-electron chi connectivity index (χ1n) is 10.8. The van der Waals surface area contributed by atoms with Gasteiger partial charge in [0.15, 0.2) is 0 Å². The van der Waals surface area contributed by atoms with Gasteiger partial charge in [-0.15, -0.1) is 0 Å². The van der Waals surface area contributed by atoms with Crippen LogP contribution in [-0.2, 0) is 19.1 Å². The molecular weight excluding hydrogens is 460 g/mol. The minimum Gasteiger partial charge on any atom is -0.461 e. The molecule has 0 aromatic rings. The Morgan fingerprint density at radius 1 is 0.686 bits per heavy atom. The lowest BCUT2D eigenvalue weighted by atomic mass is 10.2. The Kier molecular flexibility index (Phi) is 18.7. The van der Waals surface area contributed by atoms with Gasteiger partial charge >= 0.3 is 11.9 Å². The average molecular weight is 493 g/mol. The Morgan fingerprint density at radius 2 is 1.03 bits per heavy atom. The van der Waals surface area contributed by atoms with Gasteiger partial charge in [0.1, 0.15) is 23.3 Å². The topological polar surface area (TPSA) is 188 Å². The van der Waals surface area contributed by atoms with Gasteiger partial charge in [-0.1, -0.05) is 0 Å². The quantitative estimate of drug-likeness (QED) is 0.0599. The monoisotopic (exact) mass is 492 g/mol. The van der Waals surface area contributed by atoms with Crippen molar-refractivity contribution in [3.8, 4) is 12.1 Å². The molecule has 0 aliphatic heterocycles. The molecule has 0 heterocycles. The highest BCUT2D eigenvalue weighted by Gasteiger charge is 2.11. The van der Waals surface area contributed by atoms with Crippen LogP contribution in [0.1, 0.15) is 6.42 Å². The predicted octanol–water partition coefficient (Wildman–Crippen LogP) is -1.04. The van der Waals surface area contributed by atoms with Crippen LogP contribution in [0, 0.1) is 22.7 Å². The zero-order valence-electron chi connectivity index (χ0n) is 19.5. The first kappa shape index (κ1) is 31.3. The van der Waals surface area contributed by atoms with Gasteiger partial charge in [0.05, 0.1) is 39.6 Å². The van der Waals surface area contributed by atoms with Crippen LogP contribution < -0.4 is 0 Å². The lowest BCUT2D eigenvalue weighted by Gasteiger charge is -2.16. The van der Waals surface area contributed by atoms with Crippen LogP contribution in [0.3, 0.4) is 0 Å². The first-order chi connectivity index (χ1) is 17.0. The van der Waals surface area contributed by atoms with E-state index in [1.807, 2.05) is 0 Å². The van der Waals surface area contributed by atoms with Crippen molar-refractivity contribution in [1.82, 2.24) is 9.80 Å². The number of hydrogen-bond acceptors (Lipinski definition) is 12. The molecule has 35 heavy (non-hydrogen) atoms. The molecule has 0 saturated heterocycles. The van der Waals surface area contributed by atoms with E-state index in [0.717, 1.165) is 0 Å². The summed E-state index contributed by atoms with van der Waals surface area (Å²) in [5.41, 5.74) is -0.520. The largest absolute Gasteiger partial charge is 0.461 e. The molecule has 0 bridgehead atoms. The van der Waals surface area contributed by atoms with Crippen LogP contribution >= 0.6 is 0 Å². The van der Waals surface area contributed by atoms with Crippen molar-refractivity contribution in [3.05, 3.63) is 47.9 Å². The lowest BCUT2D eigenvalue weighted by molar-refractivity contribution is -0.140. The molecule has 0 aliphatic rings. The van der Waals surface area contributed by atoms with Crippen molar-refractivity contribution in [2.24, 2.45) is 0 Å². The van der Waals surface area contributed by atoms with Crippen LogP contribution in [0.2, 0.25) is 0 Å². The predicted molar refractivity (Wildman–Crippen MR) is 124 cm³/mol. The van der Waals surface area contributed by atoms with E-state index in [-0.39, 0.29) is 83.4 Å². The number of hydrogen-bond donors (Lipinski definition) is 4. The van der Waals surface area contributed by atoms with E-state index in [1.54, 1.807) is 21.9 Å². The van der Waals surface area contributed by atoms with Gasteiger partial charge in [0.25, 0.3) is 0 Å². The normalized spacial score (nSPS) is 11.8. The van der Waals surface area contributed by atoms with Gasteiger partial charge in [-0.2, -0.15) is 10.5 Å². The second kappa shape index (κ2) is 20.9. The fraction of sp³-hybridized carbons (Fsp3) is 0.478. The molecule has 0 aliphatic carbocycles. The summed E-state index contributed by atoms with van der Waals surface area (Å²) < 4.78 is 9.94. The van der Waals surface area contributed by atoms with E-state index >= 15 is 0 Å². The van der Waals surface area contributed by atoms with Gasteiger partial charge in [0, 0.05) is 32.6 Å². The number of esters is 2. The van der Waals surface area contributed by atoms with Crippen LogP contribution in [0.4, 0.5) is 0 Å². The second-order valence-electron chi connectivity index (χ2n) is 6.66. The molecular formula is C23H32N4O8. The smallest absolute Gasteiger partial charge is 0.348 e. The van der Waals surface area contributed by atoms with Crippen LogP contribution in [0.25, 0.3) is 0 Å². The number of aliphatic hydroxyl groups excluding tert-OH is 4. The number of nitrogens with zero attached hydrogens (tertiary/aromatic N) is 4. The molecule has 0 rings (SSSR count). The van der Waals surface area contributed by atoms with Gasteiger partial charge in [0.2, 0.25) is 0 Å². The summed E-state index contributed by atoms with van der Waals surface area (Å²) in [6.07, 6.45) is 8.50. The summed E-state index contributed by atoms with van der Waals surface area (Å²) in [4.78, 5) is 27.2. The molecule has 192 valence electrons. The number of ether oxygens (including phenoxy) is 2. The third kappa shape index (κ3) is 15.0. The molecule has 4 N–H and O–H groups in total. The summed E-state index contributed by atoms with van der Waals surface area (Å²) in [7, 11) is 0. The second-order valence-corrected chi connectivity index (χ2v) is 6.66. The SMILES string of the molecule is N#C/C(=C/C=C/N(CCO)CCO)C(=O)OCCCOC(=O)/C(C#N)=C/C=C/N(CCO)CCO. The zero-order valence-corrected chi connectivity index (χ0v) is 19.5. The Hall–Kier alpha value is -3.68. The van der Waals surface area contributed by atoms with E-state index in [0.29, 0.717) is 0 Å². The van der Waals surface area contributed by atoms with E-state index in [9.17, 15) is 9.59 Å². The molecule has 0 amide bonds. The van der Waals surface area contributed by atoms with Gasteiger partial charge in [-0.25, -0.2) is 9.59 Å². The summed E-state index contributed by atoms with van der Waals surface area (Å²) in [5.74, 6) is -1.73. The highest BCUT2D eigenvalue weighted by molar-refractivity contribution is 5.93. The van der Waals surface area contributed by atoms with Crippen molar-refractivity contribution < 1.29 is 39.5 Å². The van der Waals surface area contributed by atoms with E-state index in [1.165, 1.54) is 36.7 Å². The first-order valence-corrected chi connectivity index (χ1v) is 10.8. The summed E-state index contributed by atoms with van der Waals surface area (Å²) in [5, 5.41) is 54.0. The fourth-order valence-electron chi connectivity index (χ4n) is 2.40. The fourth-order valence-corrected chi connectivity index (χ4v) is 2.40. The molecule has 0 radical (unpaired) electrons. The molecule has 0 aromatic heterocycles. The number of carbonyl (C=O) groups is 2. The number of carbonyl (C=O) groups excluding carboxylic acids is 2. The number of nitriles is 2. The summed E-state index contributed by atoms with van der Waals surface area (Å²) in [6, 6.07) is 3.43. The average Bonchev–Trinajstić information content (AvgIpc) is 2.84. The Labute approximate surface area is 204 Å². The van der Waals surface area contributed by atoms with Gasteiger partial charge in [-0.3, -0.25) is 0 Å². The molecule has 0 fully saturated rings. The minimum absolute atomic E-state index is 0.123. The maximum atomic E-state index is 12.0. The van der Waals surface area contributed by atoms with Crippen molar-refractivity contribution >= 4 is 11.9 Å². The number of rotatable bonds is 18. The zero-order chi connectivity index (χ0) is 26.3. The molecule has 0 spiro atoms. The molecule has 12 nitrogen and oxygen atoms in total. The molecule has 12 heteroatoms. The Morgan fingerprint density at radius 3 is 1.31 bits per heavy atom. The van der Waals surface area contributed by atoms with Gasteiger partial charge in [-0.05, 0) is 36.7 Å². The minimum atomic E-state index is -0.864. The number of allylic oxidation sites excluding steroid dienone is 4. The molecule has 0 unspecified atom stereocenters. The summed E-state index contributed by atoms with van der Waals surface area (Å²) in [6.45, 7) is 0.370. The van der Waals surface area contributed by atoms with Crippen LogP contribution in [-0.4, -0.2) is 108 Å². The van der Waals surface area contributed by atoms with Crippen molar-refractivity contribution in [2.75, 3.05) is 65.8 Å². The third-order valence-corrected chi connectivity index (χ3v) is 4.10. The molecule has 0 saturated carbocycles. The Balaban J connectivity index is 4.59. The highest BCUT2D eigenvalue weighted by atomic mass is 16.5. The number of aliphatic hydroxyl groups is 4. The van der Waals surface area contributed by atoms with Crippen LogP contribution in [0.5, 0.6) is 0 Å². The Bertz CT molecular complexity index is 759. The van der Waals surface area contributed by atoms with Crippen LogP contribution in [0.15, 0.2) is 47.9 Å². The highest BCUT2D eigenvalue weighted by Crippen LogP contribution is 2.02. The maximum absolute atomic E-state index is 12.0. The van der Waals surface area contributed by atoms with Crippen molar-refractivity contribution in [2.45, 2.75) is 6.42 Å². The molecule has 0 aromatic carbocycles. The van der Waals surface area contributed by atoms with E-state index in [4.69, 9.17) is 40.4 Å². The van der Waals surface area contributed by atoms with E-state index < -0.39 is 11.9 Å². The summed E-state index contributed by atoms with van der Waals surface area (Å²) >= 11 is 0. The lowest BCUT2D eigenvalue weighted by Crippen LogP contribution is -2.24. The maximum Gasteiger partial charge on any atom is 0.348 e. The molecule has 0 atom stereocenters. The third-order valence-electron chi connectivity index (χ3n) is 4.10. The van der Waals surface area contributed by atoms with E-state index in [2.05, 4.69) is 0 Å².